The first kappa shape index (κ1) is 12.7. The Labute approximate surface area is 114 Å². The highest BCUT2D eigenvalue weighted by Gasteiger charge is 2.12. The second kappa shape index (κ2) is 5.25. The van der Waals surface area contributed by atoms with Gasteiger partial charge < -0.3 is 11.1 Å². The smallest absolute Gasteiger partial charge is 0.257 e. The van der Waals surface area contributed by atoms with Crippen molar-refractivity contribution in [3.8, 4) is 0 Å². The molecule has 18 heavy (non-hydrogen) atoms. The maximum absolute atomic E-state index is 12.0. The first-order chi connectivity index (χ1) is 8.58. The van der Waals surface area contributed by atoms with Gasteiger partial charge in [0, 0.05) is 11.9 Å². The molecule has 0 saturated carbocycles. The summed E-state index contributed by atoms with van der Waals surface area (Å²) in [5, 5.41) is 3.34. The maximum atomic E-state index is 12.0. The van der Waals surface area contributed by atoms with Crippen LogP contribution in [-0.4, -0.2) is 10.9 Å². The molecule has 0 fully saturated rings. The number of carbonyl (C=O) groups excluding carboxylic acids is 1. The van der Waals surface area contributed by atoms with Crippen LogP contribution >= 0.6 is 23.2 Å². The Bertz CT molecular complexity index is 602. The molecule has 0 bridgehead atoms. The summed E-state index contributed by atoms with van der Waals surface area (Å²) in [4.78, 5) is 15.9. The van der Waals surface area contributed by atoms with E-state index in [-0.39, 0.29) is 11.5 Å². The minimum atomic E-state index is -0.387. The Balaban J connectivity index is 2.28. The van der Waals surface area contributed by atoms with Crippen molar-refractivity contribution in [2.24, 2.45) is 0 Å². The Morgan fingerprint density at radius 3 is 2.72 bits per heavy atom. The molecule has 1 amide bonds. The molecule has 1 aromatic heterocycles. The van der Waals surface area contributed by atoms with Crippen molar-refractivity contribution in [1.82, 2.24) is 4.98 Å². The fraction of sp³-hybridized carbons (Fsp3) is 0. The van der Waals surface area contributed by atoms with Crippen LogP contribution in [0, 0.1) is 0 Å². The summed E-state index contributed by atoms with van der Waals surface area (Å²) in [6.45, 7) is 0. The van der Waals surface area contributed by atoms with Crippen molar-refractivity contribution in [3.63, 3.8) is 0 Å². The van der Waals surface area contributed by atoms with Crippen molar-refractivity contribution in [2.45, 2.75) is 0 Å². The summed E-state index contributed by atoms with van der Waals surface area (Å²) in [5.41, 5.74) is 6.78. The molecule has 0 aliphatic heterocycles. The molecule has 6 heteroatoms. The van der Waals surface area contributed by atoms with Crippen LogP contribution in [-0.2, 0) is 0 Å². The van der Waals surface area contributed by atoms with Gasteiger partial charge >= 0.3 is 0 Å². The third kappa shape index (κ3) is 2.72. The van der Waals surface area contributed by atoms with Gasteiger partial charge in [0.25, 0.3) is 5.91 Å². The Hall–Kier alpha value is -1.78. The standard InChI is InChI=1S/C12H9Cl2N3O/c13-9-2-1-7(15)5-8(9)12(18)17-11-6-16-4-3-10(11)14/h1-6H,15H2,(H,17,18). The average Bonchev–Trinajstić information content (AvgIpc) is 2.35. The fourth-order valence-corrected chi connectivity index (χ4v) is 1.73. The van der Waals surface area contributed by atoms with Crippen molar-refractivity contribution in [1.29, 1.82) is 0 Å². The van der Waals surface area contributed by atoms with Gasteiger partial charge in [0.05, 0.1) is 27.5 Å². The number of carbonyl (C=O) groups is 1. The average molecular weight is 282 g/mol. The molecule has 2 rings (SSSR count). The third-order valence-corrected chi connectivity index (χ3v) is 2.91. The second-order valence-corrected chi connectivity index (χ2v) is 4.36. The summed E-state index contributed by atoms with van der Waals surface area (Å²) in [6.07, 6.45) is 2.99. The Morgan fingerprint density at radius 2 is 2.00 bits per heavy atom. The van der Waals surface area contributed by atoms with Crippen molar-refractivity contribution < 1.29 is 4.79 Å². The summed E-state index contributed by atoms with van der Waals surface area (Å²) in [7, 11) is 0. The lowest BCUT2D eigenvalue weighted by Gasteiger charge is -2.08. The van der Waals surface area contributed by atoms with Gasteiger partial charge in [-0.15, -0.1) is 0 Å². The number of hydrogen-bond donors (Lipinski definition) is 2. The lowest BCUT2D eigenvalue weighted by molar-refractivity contribution is 0.102. The van der Waals surface area contributed by atoms with E-state index < -0.39 is 0 Å². The van der Waals surface area contributed by atoms with Gasteiger partial charge in [-0.25, -0.2) is 0 Å². The number of nitrogen functional groups attached to an aromatic ring is 1. The molecule has 1 heterocycles. The number of benzene rings is 1. The first-order valence-electron chi connectivity index (χ1n) is 5.04. The summed E-state index contributed by atoms with van der Waals surface area (Å²) >= 11 is 11.8. The van der Waals surface area contributed by atoms with Crippen LogP contribution in [0.1, 0.15) is 10.4 Å². The van der Waals surface area contributed by atoms with Crippen LogP contribution in [0.3, 0.4) is 0 Å². The van der Waals surface area contributed by atoms with E-state index in [4.69, 9.17) is 28.9 Å². The largest absolute Gasteiger partial charge is 0.399 e. The van der Waals surface area contributed by atoms with Crippen LogP contribution in [0.15, 0.2) is 36.7 Å². The van der Waals surface area contributed by atoms with Crippen molar-refractivity contribution in [3.05, 3.63) is 52.3 Å². The van der Waals surface area contributed by atoms with Gasteiger partial charge in [-0.1, -0.05) is 23.2 Å². The number of nitrogens with zero attached hydrogens (tertiary/aromatic N) is 1. The molecule has 1 aromatic carbocycles. The number of halogens is 2. The van der Waals surface area contributed by atoms with Gasteiger partial charge in [-0.3, -0.25) is 9.78 Å². The van der Waals surface area contributed by atoms with E-state index in [1.165, 1.54) is 18.5 Å². The predicted molar refractivity (Wildman–Crippen MR) is 73.1 cm³/mol. The highest BCUT2D eigenvalue weighted by Crippen LogP contribution is 2.23. The van der Waals surface area contributed by atoms with E-state index in [1.807, 2.05) is 0 Å². The second-order valence-electron chi connectivity index (χ2n) is 3.55. The lowest BCUT2D eigenvalue weighted by Crippen LogP contribution is -2.13. The molecule has 0 aliphatic rings. The van der Waals surface area contributed by atoms with Crippen LogP contribution in [0.2, 0.25) is 10.0 Å². The van der Waals surface area contributed by atoms with Crippen LogP contribution in [0.4, 0.5) is 11.4 Å². The molecule has 2 aromatic rings. The molecule has 0 radical (unpaired) electrons. The van der Waals surface area contributed by atoms with E-state index in [1.54, 1.807) is 18.2 Å². The van der Waals surface area contributed by atoms with Gasteiger partial charge in [0.1, 0.15) is 0 Å². The summed E-state index contributed by atoms with van der Waals surface area (Å²) < 4.78 is 0. The minimum absolute atomic E-state index is 0.289. The Kier molecular flexibility index (Phi) is 3.69. The number of nitrogens with one attached hydrogen (secondary N) is 1. The van der Waals surface area contributed by atoms with Crippen LogP contribution < -0.4 is 11.1 Å². The normalized spacial score (nSPS) is 10.1. The van der Waals surface area contributed by atoms with Gasteiger partial charge in [-0.2, -0.15) is 0 Å². The van der Waals surface area contributed by atoms with Crippen molar-refractivity contribution in [2.75, 3.05) is 11.1 Å². The third-order valence-electron chi connectivity index (χ3n) is 2.25. The van der Waals surface area contributed by atoms with E-state index in [2.05, 4.69) is 10.3 Å². The highest BCUT2D eigenvalue weighted by atomic mass is 35.5. The predicted octanol–water partition coefficient (Wildman–Crippen LogP) is 3.22. The topological polar surface area (TPSA) is 68.0 Å². The molecule has 0 unspecified atom stereocenters. The molecular weight excluding hydrogens is 273 g/mol. The van der Waals surface area contributed by atoms with Crippen molar-refractivity contribution >= 4 is 40.5 Å². The zero-order valence-electron chi connectivity index (χ0n) is 9.15. The molecule has 0 atom stereocenters. The molecule has 3 N–H and O–H groups in total. The molecule has 0 aliphatic carbocycles. The molecule has 4 nitrogen and oxygen atoms in total. The Morgan fingerprint density at radius 1 is 1.22 bits per heavy atom. The molecular formula is C12H9Cl2N3O. The van der Waals surface area contributed by atoms with Crippen LogP contribution in [0.5, 0.6) is 0 Å². The number of amides is 1. The van der Waals surface area contributed by atoms with Gasteiger partial charge in [0.2, 0.25) is 0 Å². The van der Waals surface area contributed by atoms with E-state index in [0.717, 1.165) is 0 Å². The number of anilines is 2. The zero-order valence-corrected chi connectivity index (χ0v) is 10.7. The SMILES string of the molecule is Nc1ccc(Cl)c(C(=O)Nc2cnccc2Cl)c1. The van der Waals surface area contributed by atoms with E-state index in [0.29, 0.717) is 21.4 Å². The summed E-state index contributed by atoms with van der Waals surface area (Å²) in [5.74, 6) is -0.387. The highest BCUT2D eigenvalue weighted by molar-refractivity contribution is 6.36. The number of nitrogens with two attached hydrogens (primary N) is 1. The van der Waals surface area contributed by atoms with E-state index >= 15 is 0 Å². The number of hydrogen-bond acceptors (Lipinski definition) is 3. The molecule has 0 spiro atoms. The van der Waals surface area contributed by atoms with E-state index in [9.17, 15) is 4.79 Å². The number of rotatable bonds is 2. The van der Waals surface area contributed by atoms with Gasteiger partial charge in [-0.05, 0) is 24.3 Å². The quantitative estimate of drug-likeness (QED) is 0.831. The molecule has 0 saturated heterocycles. The summed E-state index contributed by atoms with van der Waals surface area (Å²) in [6, 6.07) is 6.27. The fourth-order valence-electron chi connectivity index (χ4n) is 1.38. The number of pyridine rings is 1. The first-order valence-corrected chi connectivity index (χ1v) is 5.79. The zero-order chi connectivity index (χ0) is 13.1. The monoisotopic (exact) mass is 281 g/mol. The van der Waals surface area contributed by atoms with Gasteiger partial charge in [0.15, 0.2) is 0 Å². The number of aromatic nitrogens is 1. The minimum Gasteiger partial charge on any atom is -0.399 e. The maximum Gasteiger partial charge on any atom is 0.257 e. The lowest BCUT2D eigenvalue weighted by atomic mass is 10.2. The van der Waals surface area contributed by atoms with Crippen LogP contribution in [0.25, 0.3) is 0 Å². The molecule has 92 valence electrons.